The Bertz CT molecular complexity index is 570. The van der Waals surface area contributed by atoms with Gasteiger partial charge in [0.2, 0.25) is 10.0 Å². The van der Waals surface area contributed by atoms with Gasteiger partial charge in [-0.1, -0.05) is 30.3 Å². The van der Waals surface area contributed by atoms with Crippen molar-refractivity contribution in [2.24, 2.45) is 5.92 Å². The highest BCUT2D eigenvalue weighted by molar-refractivity contribution is 7.89. The fourth-order valence-electron chi connectivity index (χ4n) is 3.49. The maximum absolute atomic E-state index is 12.5. The average molecular weight is 323 g/mol. The summed E-state index contributed by atoms with van der Waals surface area (Å²) in [5, 5.41) is 6.59. The van der Waals surface area contributed by atoms with E-state index in [1.165, 1.54) is 5.56 Å². The van der Waals surface area contributed by atoms with E-state index in [0.29, 0.717) is 6.54 Å². The smallest absolute Gasteiger partial charge is 0.212 e. The van der Waals surface area contributed by atoms with Gasteiger partial charge in [-0.05, 0) is 37.4 Å². The van der Waals surface area contributed by atoms with Gasteiger partial charge in [0.25, 0.3) is 0 Å². The molecule has 2 aliphatic rings. The Balaban J connectivity index is 1.63. The minimum atomic E-state index is -3.22. The van der Waals surface area contributed by atoms with E-state index in [1.54, 1.807) is 0 Å². The van der Waals surface area contributed by atoms with Crippen LogP contribution in [0.1, 0.15) is 24.3 Å². The van der Waals surface area contributed by atoms with Gasteiger partial charge in [0.1, 0.15) is 0 Å². The third-order valence-corrected chi connectivity index (χ3v) is 6.26. The normalized spacial score (nSPS) is 27.1. The third-order valence-electron chi connectivity index (χ3n) is 4.69. The lowest BCUT2D eigenvalue weighted by molar-refractivity contribution is 0.399. The van der Waals surface area contributed by atoms with Crippen LogP contribution in [-0.2, 0) is 10.0 Å². The summed E-state index contributed by atoms with van der Waals surface area (Å²) < 4.78 is 27.9. The van der Waals surface area contributed by atoms with Crippen LogP contribution in [0.15, 0.2) is 30.3 Å². The van der Waals surface area contributed by atoms with E-state index in [-0.39, 0.29) is 23.6 Å². The Kier molecular flexibility index (Phi) is 5.13. The zero-order valence-corrected chi connectivity index (χ0v) is 13.6. The van der Waals surface area contributed by atoms with Gasteiger partial charge in [-0.25, -0.2) is 13.1 Å². The van der Waals surface area contributed by atoms with Gasteiger partial charge >= 0.3 is 0 Å². The van der Waals surface area contributed by atoms with Crippen LogP contribution < -0.4 is 15.4 Å². The van der Waals surface area contributed by atoms with Crippen molar-refractivity contribution >= 4 is 10.0 Å². The van der Waals surface area contributed by atoms with Crippen molar-refractivity contribution in [1.29, 1.82) is 0 Å². The highest BCUT2D eigenvalue weighted by Crippen LogP contribution is 2.24. The fourth-order valence-corrected chi connectivity index (χ4v) is 5.25. The standard InChI is InChI=1S/C16H25N3O2S/c20-22(21,12-13-6-8-17-9-7-13)19-16-11-18-10-15(16)14-4-2-1-3-5-14/h1-5,13,15-19H,6-12H2/t15-,16+/m0/s1. The predicted octanol–water partition coefficient (Wildman–Crippen LogP) is 0.661. The van der Waals surface area contributed by atoms with Crippen molar-refractivity contribution in [3.63, 3.8) is 0 Å². The van der Waals surface area contributed by atoms with Crippen LogP contribution in [0.25, 0.3) is 0 Å². The van der Waals surface area contributed by atoms with Gasteiger partial charge in [0.05, 0.1) is 5.75 Å². The molecule has 122 valence electrons. The van der Waals surface area contributed by atoms with E-state index in [2.05, 4.69) is 27.5 Å². The number of hydrogen-bond donors (Lipinski definition) is 3. The molecule has 6 heteroatoms. The lowest BCUT2D eigenvalue weighted by Gasteiger charge is -2.25. The van der Waals surface area contributed by atoms with Crippen LogP contribution in [-0.4, -0.2) is 46.4 Å². The number of sulfonamides is 1. The molecule has 22 heavy (non-hydrogen) atoms. The van der Waals surface area contributed by atoms with Crippen LogP contribution in [0.3, 0.4) is 0 Å². The second-order valence-corrected chi connectivity index (χ2v) is 8.17. The highest BCUT2D eigenvalue weighted by atomic mass is 32.2. The molecule has 3 N–H and O–H groups in total. The minimum Gasteiger partial charge on any atom is -0.317 e. The summed E-state index contributed by atoms with van der Waals surface area (Å²) in [6, 6.07) is 10.1. The van der Waals surface area contributed by atoms with Gasteiger partial charge < -0.3 is 10.6 Å². The average Bonchev–Trinajstić information content (AvgIpc) is 2.96. The molecule has 1 aromatic carbocycles. The molecular weight excluding hydrogens is 298 g/mol. The van der Waals surface area contributed by atoms with Gasteiger partial charge in [-0.3, -0.25) is 0 Å². The summed E-state index contributed by atoms with van der Waals surface area (Å²) in [7, 11) is -3.22. The van der Waals surface area contributed by atoms with Crippen LogP contribution in [0.5, 0.6) is 0 Å². The summed E-state index contributed by atoms with van der Waals surface area (Å²) in [5.41, 5.74) is 1.20. The maximum Gasteiger partial charge on any atom is 0.212 e. The van der Waals surface area contributed by atoms with Crippen molar-refractivity contribution in [3.8, 4) is 0 Å². The zero-order chi connectivity index (χ0) is 15.4. The van der Waals surface area contributed by atoms with Crippen LogP contribution >= 0.6 is 0 Å². The lowest BCUT2D eigenvalue weighted by atomic mass is 9.95. The molecule has 0 aromatic heterocycles. The topological polar surface area (TPSA) is 70.2 Å². The SMILES string of the molecule is O=S(=O)(CC1CCNCC1)N[C@@H]1CNC[C@H]1c1ccccc1. The fraction of sp³-hybridized carbons (Fsp3) is 0.625. The van der Waals surface area contributed by atoms with E-state index >= 15 is 0 Å². The molecule has 0 radical (unpaired) electrons. The van der Waals surface area contributed by atoms with Gasteiger partial charge in [-0.2, -0.15) is 0 Å². The van der Waals surface area contributed by atoms with Gasteiger partial charge in [-0.15, -0.1) is 0 Å². The van der Waals surface area contributed by atoms with Gasteiger partial charge in [0, 0.05) is 25.0 Å². The number of rotatable bonds is 5. The molecule has 5 nitrogen and oxygen atoms in total. The van der Waals surface area contributed by atoms with Gasteiger partial charge in [0.15, 0.2) is 0 Å². The molecule has 0 unspecified atom stereocenters. The van der Waals surface area contributed by atoms with Crippen molar-refractivity contribution in [2.75, 3.05) is 31.9 Å². The molecular formula is C16H25N3O2S. The third kappa shape index (κ3) is 4.07. The number of hydrogen-bond acceptors (Lipinski definition) is 4. The first-order chi connectivity index (χ1) is 10.6. The maximum atomic E-state index is 12.5. The predicted molar refractivity (Wildman–Crippen MR) is 88.4 cm³/mol. The molecule has 0 amide bonds. The Hall–Kier alpha value is -0.950. The summed E-state index contributed by atoms with van der Waals surface area (Å²) in [6.45, 7) is 3.38. The first-order valence-electron chi connectivity index (χ1n) is 8.10. The first kappa shape index (κ1) is 15.9. The summed E-state index contributed by atoms with van der Waals surface area (Å²) >= 11 is 0. The van der Waals surface area contributed by atoms with E-state index in [9.17, 15) is 8.42 Å². The molecule has 0 saturated carbocycles. The number of benzene rings is 1. The largest absolute Gasteiger partial charge is 0.317 e. The van der Waals surface area contributed by atoms with Crippen molar-refractivity contribution in [3.05, 3.63) is 35.9 Å². The van der Waals surface area contributed by atoms with Crippen LogP contribution in [0.2, 0.25) is 0 Å². The number of nitrogens with one attached hydrogen (secondary N) is 3. The zero-order valence-electron chi connectivity index (χ0n) is 12.8. The molecule has 2 aliphatic heterocycles. The lowest BCUT2D eigenvalue weighted by Crippen LogP contribution is -2.43. The number of piperidine rings is 1. The second-order valence-electron chi connectivity index (χ2n) is 6.37. The van der Waals surface area contributed by atoms with E-state index in [0.717, 1.165) is 32.5 Å². The summed E-state index contributed by atoms with van der Waals surface area (Å²) in [5.74, 6) is 0.749. The highest BCUT2D eigenvalue weighted by Gasteiger charge is 2.32. The second kappa shape index (κ2) is 7.08. The molecule has 1 aromatic rings. The van der Waals surface area contributed by atoms with Crippen LogP contribution in [0.4, 0.5) is 0 Å². The molecule has 2 heterocycles. The molecule has 2 atom stereocenters. The van der Waals surface area contributed by atoms with Crippen molar-refractivity contribution < 1.29 is 8.42 Å². The van der Waals surface area contributed by atoms with Crippen LogP contribution in [0, 0.1) is 5.92 Å². The molecule has 2 fully saturated rings. The monoisotopic (exact) mass is 323 g/mol. The van der Waals surface area contributed by atoms with E-state index < -0.39 is 10.0 Å². The van der Waals surface area contributed by atoms with Crippen molar-refractivity contribution in [2.45, 2.75) is 24.8 Å². The Morgan fingerprint density at radius 1 is 1.05 bits per heavy atom. The first-order valence-corrected chi connectivity index (χ1v) is 9.76. The Morgan fingerprint density at radius 2 is 1.77 bits per heavy atom. The Morgan fingerprint density at radius 3 is 2.50 bits per heavy atom. The van der Waals surface area contributed by atoms with E-state index in [4.69, 9.17) is 0 Å². The summed E-state index contributed by atoms with van der Waals surface area (Å²) in [6.07, 6.45) is 1.90. The summed E-state index contributed by atoms with van der Waals surface area (Å²) in [4.78, 5) is 0. The molecule has 0 bridgehead atoms. The molecule has 0 spiro atoms. The molecule has 3 rings (SSSR count). The molecule has 2 saturated heterocycles. The minimum absolute atomic E-state index is 0.0471. The molecule has 0 aliphatic carbocycles. The quantitative estimate of drug-likeness (QED) is 0.744. The van der Waals surface area contributed by atoms with Crippen molar-refractivity contribution in [1.82, 2.24) is 15.4 Å². The van der Waals surface area contributed by atoms with E-state index in [1.807, 2.05) is 18.2 Å². The Labute approximate surface area is 132 Å².